The van der Waals surface area contributed by atoms with Gasteiger partial charge in [-0.25, -0.2) is 9.97 Å². The van der Waals surface area contributed by atoms with E-state index in [2.05, 4.69) is 20.6 Å². The van der Waals surface area contributed by atoms with Gasteiger partial charge >= 0.3 is 0 Å². The van der Waals surface area contributed by atoms with Gasteiger partial charge in [-0.05, 0) is 37.0 Å². The van der Waals surface area contributed by atoms with Crippen LogP contribution in [0.4, 0.5) is 5.82 Å². The van der Waals surface area contributed by atoms with Crippen LogP contribution in [0, 0.1) is 11.3 Å². The number of primary amides is 1. The smallest absolute Gasteiger partial charge is 0.287 e. The lowest BCUT2D eigenvalue weighted by Gasteiger charge is -2.57. The summed E-state index contributed by atoms with van der Waals surface area (Å²) in [5, 5.41) is 6.14. The van der Waals surface area contributed by atoms with E-state index in [0.717, 1.165) is 25.7 Å². The van der Waals surface area contributed by atoms with Crippen LogP contribution in [0.5, 0.6) is 0 Å². The Labute approximate surface area is 152 Å². The molecule has 1 spiro atoms. The minimum absolute atomic E-state index is 0.0973. The number of hydrogen-bond acceptors (Lipinski definition) is 6. The number of anilines is 1. The maximum atomic E-state index is 11.9. The first-order valence-electron chi connectivity index (χ1n) is 8.98. The van der Waals surface area contributed by atoms with Gasteiger partial charge in [-0.1, -0.05) is 13.8 Å². The van der Waals surface area contributed by atoms with Gasteiger partial charge in [0.25, 0.3) is 11.8 Å². The molecule has 26 heavy (non-hydrogen) atoms. The molecule has 2 amide bonds. The molecular formula is C18H25N5O3. The highest BCUT2D eigenvalue weighted by Crippen LogP contribution is 2.56. The number of rotatable bonds is 7. The molecule has 0 unspecified atom stereocenters. The van der Waals surface area contributed by atoms with Crippen LogP contribution < -0.4 is 16.4 Å². The van der Waals surface area contributed by atoms with E-state index in [1.165, 1.54) is 6.33 Å². The van der Waals surface area contributed by atoms with E-state index in [0.29, 0.717) is 12.2 Å². The number of aromatic nitrogens is 2. The number of nitrogens with one attached hydrogen (secondary N) is 2. The van der Waals surface area contributed by atoms with E-state index in [1.807, 2.05) is 13.8 Å². The van der Waals surface area contributed by atoms with Crippen LogP contribution in [0.2, 0.25) is 0 Å². The molecule has 0 atom stereocenters. The third-order valence-corrected chi connectivity index (χ3v) is 5.17. The molecule has 1 aromatic rings. The van der Waals surface area contributed by atoms with Crippen molar-refractivity contribution in [3.05, 3.63) is 18.1 Å². The highest BCUT2D eigenvalue weighted by atomic mass is 16.2. The van der Waals surface area contributed by atoms with E-state index in [4.69, 9.17) is 5.73 Å². The van der Waals surface area contributed by atoms with Crippen molar-refractivity contribution in [1.82, 2.24) is 15.3 Å². The van der Waals surface area contributed by atoms with E-state index in [1.54, 1.807) is 6.07 Å². The molecule has 1 heterocycles. The molecule has 2 saturated carbocycles. The third-order valence-electron chi connectivity index (χ3n) is 5.17. The topological polar surface area (TPSA) is 127 Å². The van der Waals surface area contributed by atoms with Gasteiger partial charge in [0.1, 0.15) is 17.8 Å². The van der Waals surface area contributed by atoms with Crippen LogP contribution in [0.25, 0.3) is 0 Å². The highest BCUT2D eigenvalue weighted by Gasteiger charge is 2.53. The standard InChI is InChI=1S/C18H25N5O3/c1-10(2)3-14(24)17(26)23-12-7-18(8-12)5-11(6-18)22-15-4-13(16(19)25)20-9-21-15/h4,9-12H,3,5-8H2,1-2H3,(H2,19,25)(H,23,26)(H,20,21,22). The predicted octanol–water partition coefficient (Wildman–Crippen LogP) is 1.03. The average Bonchev–Trinajstić information content (AvgIpc) is 2.50. The summed E-state index contributed by atoms with van der Waals surface area (Å²) in [5.74, 6) is -0.575. The Morgan fingerprint density at radius 3 is 2.46 bits per heavy atom. The average molecular weight is 359 g/mol. The van der Waals surface area contributed by atoms with Gasteiger partial charge in [0.05, 0.1) is 0 Å². The summed E-state index contributed by atoms with van der Waals surface area (Å²) in [7, 11) is 0. The lowest BCUT2D eigenvalue weighted by atomic mass is 9.52. The summed E-state index contributed by atoms with van der Waals surface area (Å²) in [4.78, 5) is 42.7. The Kier molecular flexibility index (Phi) is 4.93. The van der Waals surface area contributed by atoms with Crippen molar-refractivity contribution in [2.24, 2.45) is 17.1 Å². The fourth-order valence-electron chi connectivity index (χ4n) is 4.02. The summed E-state index contributed by atoms with van der Waals surface area (Å²) in [5.41, 5.74) is 5.66. The highest BCUT2D eigenvalue weighted by molar-refractivity contribution is 6.36. The van der Waals surface area contributed by atoms with Gasteiger partial charge in [0, 0.05) is 24.6 Å². The van der Waals surface area contributed by atoms with Crippen LogP contribution in [0.1, 0.15) is 56.4 Å². The van der Waals surface area contributed by atoms with Crippen molar-refractivity contribution in [3.8, 4) is 0 Å². The molecule has 1 aromatic heterocycles. The second kappa shape index (κ2) is 7.01. The van der Waals surface area contributed by atoms with Crippen LogP contribution in [0.15, 0.2) is 12.4 Å². The maximum Gasteiger partial charge on any atom is 0.287 e. The quantitative estimate of drug-likeness (QED) is 0.624. The van der Waals surface area contributed by atoms with E-state index >= 15 is 0 Å². The lowest BCUT2D eigenvalue weighted by molar-refractivity contribution is -0.140. The van der Waals surface area contributed by atoms with Crippen molar-refractivity contribution >= 4 is 23.4 Å². The normalized spacial score (nSPS) is 26.7. The Hall–Kier alpha value is -2.51. The molecule has 0 aromatic carbocycles. The second-order valence-electron chi connectivity index (χ2n) is 8.00. The fraction of sp³-hybridized carbons (Fsp3) is 0.611. The first-order valence-corrected chi connectivity index (χ1v) is 8.98. The van der Waals surface area contributed by atoms with Crippen molar-refractivity contribution in [2.75, 3.05) is 5.32 Å². The third kappa shape index (κ3) is 4.00. The van der Waals surface area contributed by atoms with Gasteiger partial charge < -0.3 is 16.4 Å². The molecule has 2 aliphatic rings. The minimum Gasteiger partial charge on any atom is -0.367 e. The number of carbonyl (C=O) groups excluding carboxylic acids is 3. The van der Waals surface area contributed by atoms with Crippen LogP contribution in [-0.4, -0.2) is 39.6 Å². The summed E-state index contributed by atoms with van der Waals surface area (Å²) < 4.78 is 0. The summed E-state index contributed by atoms with van der Waals surface area (Å²) in [6.45, 7) is 3.85. The Morgan fingerprint density at radius 2 is 1.85 bits per heavy atom. The molecule has 2 fully saturated rings. The molecule has 0 aliphatic heterocycles. The molecule has 0 bridgehead atoms. The van der Waals surface area contributed by atoms with Crippen LogP contribution in [-0.2, 0) is 9.59 Å². The van der Waals surface area contributed by atoms with Gasteiger partial charge in [-0.3, -0.25) is 14.4 Å². The van der Waals surface area contributed by atoms with E-state index in [-0.39, 0.29) is 34.9 Å². The zero-order chi connectivity index (χ0) is 18.9. The maximum absolute atomic E-state index is 11.9. The lowest BCUT2D eigenvalue weighted by Crippen LogP contribution is -2.59. The molecule has 0 radical (unpaired) electrons. The minimum atomic E-state index is -0.579. The number of nitrogens with two attached hydrogens (primary N) is 1. The Bertz CT molecular complexity index is 719. The first kappa shape index (κ1) is 18.3. The molecular weight excluding hydrogens is 334 g/mol. The molecule has 2 aliphatic carbocycles. The molecule has 8 nitrogen and oxygen atoms in total. The number of nitrogens with zero attached hydrogens (tertiary/aromatic N) is 2. The zero-order valence-electron chi connectivity index (χ0n) is 15.1. The van der Waals surface area contributed by atoms with E-state index < -0.39 is 11.8 Å². The summed E-state index contributed by atoms with van der Waals surface area (Å²) >= 11 is 0. The SMILES string of the molecule is CC(C)CC(=O)C(=O)NC1CC2(C1)CC(Nc1cc(C(N)=O)ncn1)C2. The van der Waals surface area contributed by atoms with Gasteiger partial charge in [-0.15, -0.1) is 0 Å². The monoisotopic (exact) mass is 359 g/mol. The molecule has 8 heteroatoms. The molecule has 0 saturated heterocycles. The van der Waals surface area contributed by atoms with Gasteiger partial charge in [0.2, 0.25) is 5.78 Å². The molecule has 3 rings (SSSR count). The summed E-state index contributed by atoms with van der Waals surface area (Å²) in [6, 6.07) is 1.93. The van der Waals surface area contributed by atoms with Gasteiger partial charge in [-0.2, -0.15) is 0 Å². The van der Waals surface area contributed by atoms with Crippen molar-refractivity contribution in [2.45, 2.75) is 58.0 Å². The number of Topliss-reactive ketones (excluding diaryl/α,β-unsaturated/α-hetero) is 1. The second-order valence-corrected chi connectivity index (χ2v) is 8.00. The number of hydrogen-bond donors (Lipinski definition) is 3. The van der Waals surface area contributed by atoms with Crippen LogP contribution in [0.3, 0.4) is 0 Å². The van der Waals surface area contributed by atoms with Crippen LogP contribution >= 0.6 is 0 Å². The van der Waals surface area contributed by atoms with Crippen molar-refractivity contribution in [3.63, 3.8) is 0 Å². The summed E-state index contributed by atoms with van der Waals surface area (Å²) in [6.07, 6.45) is 5.39. The molecule has 4 N–H and O–H groups in total. The Morgan fingerprint density at radius 1 is 1.19 bits per heavy atom. The first-order chi connectivity index (χ1) is 12.3. The number of carbonyl (C=O) groups is 3. The number of amides is 2. The largest absolute Gasteiger partial charge is 0.367 e. The fourth-order valence-corrected chi connectivity index (χ4v) is 4.02. The number of ketones is 1. The predicted molar refractivity (Wildman–Crippen MR) is 95.3 cm³/mol. The Balaban J connectivity index is 1.41. The van der Waals surface area contributed by atoms with Crippen molar-refractivity contribution < 1.29 is 14.4 Å². The van der Waals surface area contributed by atoms with E-state index in [9.17, 15) is 14.4 Å². The van der Waals surface area contributed by atoms with Crippen molar-refractivity contribution in [1.29, 1.82) is 0 Å². The van der Waals surface area contributed by atoms with Gasteiger partial charge in [0.15, 0.2) is 0 Å². The molecule has 140 valence electrons. The zero-order valence-corrected chi connectivity index (χ0v) is 15.1.